The monoisotopic (exact) mass is 228 g/mol. The predicted octanol–water partition coefficient (Wildman–Crippen LogP) is 1.74. The van der Waals surface area contributed by atoms with Crippen molar-refractivity contribution in [3.05, 3.63) is 16.0 Å². The molecule has 0 spiro atoms. The average molecular weight is 228 g/mol. The molecular formula is C7H8N4OS2. The molecule has 0 atom stereocenters. The normalized spacial score (nSPS) is 10.6. The number of rotatable bonds is 3. The standard InChI is InChI=1S/C7H8N4OS2/c1-12-3-5-8-2-4(14-5)6-9-7(13)11-10-6/h2H,3H2,1H3,(H2,9,10,11,13). The Morgan fingerprint density at radius 2 is 2.43 bits per heavy atom. The third kappa shape index (κ3) is 1.89. The molecule has 0 unspecified atom stereocenters. The van der Waals surface area contributed by atoms with Gasteiger partial charge in [0.25, 0.3) is 0 Å². The van der Waals surface area contributed by atoms with Gasteiger partial charge in [-0.25, -0.2) is 4.98 Å². The molecule has 0 saturated carbocycles. The van der Waals surface area contributed by atoms with Crippen molar-refractivity contribution in [2.45, 2.75) is 6.61 Å². The number of thiazole rings is 1. The van der Waals surface area contributed by atoms with Crippen molar-refractivity contribution in [3.63, 3.8) is 0 Å². The van der Waals surface area contributed by atoms with Gasteiger partial charge in [0, 0.05) is 13.3 Å². The minimum Gasteiger partial charge on any atom is -0.378 e. The van der Waals surface area contributed by atoms with Crippen LogP contribution in [0.15, 0.2) is 6.20 Å². The van der Waals surface area contributed by atoms with Crippen molar-refractivity contribution in [2.75, 3.05) is 7.11 Å². The Labute approximate surface area is 89.2 Å². The van der Waals surface area contributed by atoms with Gasteiger partial charge in [0.15, 0.2) is 5.82 Å². The molecule has 74 valence electrons. The zero-order valence-corrected chi connectivity index (χ0v) is 9.04. The summed E-state index contributed by atoms with van der Waals surface area (Å²) in [5.41, 5.74) is 0. The molecule has 2 aromatic heterocycles. The largest absolute Gasteiger partial charge is 0.378 e. The number of nitrogens with zero attached hydrogens (tertiary/aromatic N) is 2. The summed E-state index contributed by atoms with van der Waals surface area (Å²) in [6.07, 6.45) is 1.75. The van der Waals surface area contributed by atoms with Crippen molar-refractivity contribution in [1.82, 2.24) is 20.2 Å². The summed E-state index contributed by atoms with van der Waals surface area (Å²) in [4.78, 5) is 9.21. The first kappa shape index (κ1) is 9.50. The number of aromatic nitrogens is 4. The molecule has 5 nitrogen and oxygen atoms in total. The summed E-state index contributed by atoms with van der Waals surface area (Å²) in [5, 5.41) is 6.52. The molecule has 0 aliphatic heterocycles. The van der Waals surface area contributed by atoms with Gasteiger partial charge >= 0.3 is 0 Å². The van der Waals surface area contributed by atoms with Gasteiger partial charge in [-0.2, -0.15) is 4.98 Å². The molecule has 2 rings (SSSR count). The Bertz CT molecular complexity index is 472. The van der Waals surface area contributed by atoms with E-state index in [-0.39, 0.29) is 0 Å². The topological polar surface area (TPSA) is 66.6 Å². The van der Waals surface area contributed by atoms with Crippen LogP contribution in [0.5, 0.6) is 0 Å². The highest BCUT2D eigenvalue weighted by Crippen LogP contribution is 2.22. The first-order chi connectivity index (χ1) is 6.79. The first-order valence-electron chi connectivity index (χ1n) is 3.88. The molecule has 0 aromatic carbocycles. The van der Waals surface area contributed by atoms with E-state index in [2.05, 4.69) is 20.2 Å². The smallest absolute Gasteiger partial charge is 0.213 e. The number of H-pyrrole nitrogens is 2. The van der Waals surface area contributed by atoms with Crippen LogP contribution in [0, 0.1) is 4.77 Å². The number of methoxy groups -OCH3 is 1. The van der Waals surface area contributed by atoms with Gasteiger partial charge in [0.2, 0.25) is 4.77 Å². The lowest BCUT2D eigenvalue weighted by atomic mass is 10.5. The van der Waals surface area contributed by atoms with E-state index in [1.165, 1.54) is 11.3 Å². The van der Waals surface area contributed by atoms with Crippen LogP contribution < -0.4 is 0 Å². The van der Waals surface area contributed by atoms with Crippen LogP contribution in [0.1, 0.15) is 5.01 Å². The first-order valence-corrected chi connectivity index (χ1v) is 5.11. The zero-order chi connectivity index (χ0) is 9.97. The summed E-state index contributed by atoms with van der Waals surface area (Å²) < 4.78 is 5.42. The second kappa shape index (κ2) is 3.99. The third-order valence-electron chi connectivity index (χ3n) is 1.56. The zero-order valence-electron chi connectivity index (χ0n) is 7.40. The van der Waals surface area contributed by atoms with Crippen molar-refractivity contribution < 1.29 is 4.74 Å². The fraction of sp³-hybridized carbons (Fsp3) is 0.286. The average Bonchev–Trinajstić information content (AvgIpc) is 2.74. The Morgan fingerprint density at radius 3 is 3.07 bits per heavy atom. The fourth-order valence-electron chi connectivity index (χ4n) is 0.997. The molecule has 2 aromatic rings. The molecule has 0 amide bonds. The summed E-state index contributed by atoms with van der Waals surface area (Å²) in [7, 11) is 1.64. The molecule has 2 N–H and O–H groups in total. The van der Waals surface area contributed by atoms with Crippen LogP contribution in [0.25, 0.3) is 10.7 Å². The van der Waals surface area contributed by atoms with Crippen LogP contribution in [0.3, 0.4) is 0 Å². The second-order valence-corrected chi connectivity index (χ2v) is 4.07. The number of hydrogen-bond acceptors (Lipinski definition) is 5. The van der Waals surface area contributed by atoms with Crippen molar-refractivity contribution >= 4 is 23.6 Å². The minimum absolute atomic E-state index is 0.446. The highest BCUT2D eigenvalue weighted by molar-refractivity contribution is 7.71. The van der Waals surface area contributed by atoms with Gasteiger partial charge < -0.3 is 4.74 Å². The van der Waals surface area contributed by atoms with Crippen LogP contribution in [-0.2, 0) is 11.3 Å². The van der Waals surface area contributed by atoms with E-state index in [9.17, 15) is 0 Å². The molecule has 0 saturated heterocycles. The number of nitrogens with one attached hydrogen (secondary N) is 2. The van der Waals surface area contributed by atoms with Crippen molar-refractivity contribution in [2.24, 2.45) is 0 Å². The number of hydrogen-bond donors (Lipinski definition) is 2. The minimum atomic E-state index is 0.446. The maximum atomic E-state index is 4.97. The van der Waals surface area contributed by atoms with Gasteiger partial charge in [0.05, 0.1) is 11.5 Å². The van der Waals surface area contributed by atoms with Gasteiger partial charge in [-0.3, -0.25) is 10.2 Å². The highest BCUT2D eigenvalue weighted by Gasteiger charge is 2.06. The number of aromatic amines is 2. The van der Waals surface area contributed by atoms with Gasteiger partial charge in [-0.15, -0.1) is 11.3 Å². The molecule has 0 aliphatic rings. The maximum Gasteiger partial charge on any atom is 0.213 e. The fourth-order valence-corrected chi connectivity index (χ4v) is 1.97. The number of ether oxygens (including phenoxy) is 1. The molecule has 14 heavy (non-hydrogen) atoms. The van der Waals surface area contributed by atoms with E-state index < -0.39 is 0 Å². The summed E-state index contributed by atoms with van der Waals surface area (Å²) in [6.45, 7) is 0.524. The van der Waals surface area contributed by atoms with Crippen LogP contribution in [-0.4, -0.2) is 27.3 Å². The van der Waals surface area contributed by atoms with E-state index in [1.807, 2.05) is 0 Å². The SMILES string of the molecule is COCc1ncc(-c2nc(=S)[nH][nH]2)s1. The van der Waals surface area contributed by atoms with E-state index in [4.69, 9.17) is 17.0 Å². The molecule has 0 aliphatic carbocycles. The molecule has 2 heterocycles. The molecular weight excluding hydrogens is 220 g/mol. The summed E-state index contributed by atoms with van der Waals surface area (Å²) in [5.74, 6) is 0.717. The third-order valence-corrected chi connectivity index (χ3v) is 2.73. The van der Waals surface area contributed by atoms with Gasteiger partial charge in [0.1, 0.15) is 5.01 Å². The quantitative estimate of drug-likeness (QED) is 0.785. The van der Waals surface area contributed by atoms with Crippen LogP contribution >= 0.6 is 23.6 Å². The van der Waals surface area contributed by atoms with E-state index >= 15 is 0 Å². The van der Waals surface area contributed by atoms with Gasteiger partial charge in [-0.1, -0.05) is 0 Å². The molecule has 0 radical (unpaired) electrons. The Hall–Kier alpha value is -1.05. The predicted molar refractivity (Wildman–Crippen MR) is 55.6 cm³/mol. The Morgan fingerprint density at radius 1 is 1.57 bits per heavy atom. The second-order valence-electron chi connectivity index (χ2n) is 2.57. The van der Waals surface area contributed by atoms with E-state index in [0.717, 1.165) is 15.7 Å². The maximum absolute atomic E-state index is 4.97. The Kier molecular flexibility index (Phi) is 2.71. The lowest BCUT2D eigenvalue weighted by Gasteiger charge is -1.89. The molecule has 0 bridgehead atoms. The highest BCUT2D eigenvalue weighted by atomic mass is 32.1. The van der Waals surface area contributed by atoms with E-state index in [1.54, 1.807) is 13.3 Å². The molecule has 0 fully saturated rings. The van der Waals surface area contributed by atoms with Crippen LogP contribution in [0.2, 0.25) is 0 Å². The van der Waals surface area contributed by atoms with Gasteiger partial charge in [-0.05, 0) is 12.2 Å². The van der Waals surface area contributed by atoms with E-state index in [0.29, 0.717) is 11.4 Å². The summed E-state index contributed by atoms with van der Waals surface area (Å²) >= 11 is 6.38. The summed E-state index contributed by atoms with van der Waals surface area (Å²) in [6, 6.07) is 0. The molecule has 7 heteroatoms. The van der Waals surface area contributed by atoms with Crippen molar-refractivity contribution in [1.29, 1.82) is 0 Å². The lowest BCUT2D eigenvalue weighted by Crippen LogP contribution is -1.82. The van der Waals surface area contributed by atoms with Crippen LogP contribution in [0.4, 0.5) is 0 Å². The van der Waals surface area contributed by atoms with Crippen molar-refractivity contribution in [3.8, 4) is 10.7 Å². The lowest BCUT2D eigenvalue weighted by molar-refractivity contribution is 0.184. The Balaban J connectivity index is 2.28.